The van der Waals surface area contributed by atoms with Crippen molar-refractivity contribution in [1.29, 1.82) is 0 Å². The van der Waals surface area contributed by atoms with E-state index in [1.54, 1.807) is 0 Å². The van der Waals surface area contributed by atoms with Gasteiger partial charge < -0.3 is 10.1 Å². The molecule has 1 aliphatic heterocycles. The van der Waals surface area contributed by atoms with Gasteiger partial charge in [-0.05, 0) is 57.5 Å². The quantitative estimate of drug-likeness (QED) is 0.719. The lowest BCUT2D eigenvalue weighted by molar-refractivity contribution is -0.00462. The molecule has 0 spiro atoms. The fourth-order valence-corrected chi connectivity index (χ4v) is 2.11. The van der Waals surface area contributed by atoms with Crippen molar-refractivity contribution in [3.63, 3.8) is 0 Å². The average molecular weight is 183 g/mol. The van der Waals surface area contributed by atoms with Gasteiger partial charge in [0.2, 0.25) is 0 Å². The third-order valence-electron chi connectivity index (χ3n) is 3.33. The zero-order valence-corrected chi connectivity index (χ0v) is 8.43. The van der Waals surface area contributed by atoms with Crippen LogP contribution in [0.2, 0.25) is 0 Å². The standard InChI is InChI=1S/C11H21NO/c1-4-11(5-1)13-8-6-10-3-2-7-12-9-10/h10-12H,1-9H2. The van der Waals surface area contributed by atoms with Gasteiger partial charge in [0, 0.05) is 6.61 Å². The highest BCUT2D eigenvalue weighted by Crippen LogP contribution is 2.23. The van der Waals surface area contributed by atoms with Crippen LogP contribution in [0.3, 0.4) is 0 Å². The second-order valence-electron chi connectivity index (χ2n) is 4.42. The monoisotopic (exact) mass is 183 g/mol. The molecule has 1 atom stereocenters. The molecule has 2 rings (SSSR count). The predicted molar refractivity (Wildman–Crippen MR) is 53.8 cm³/mol. The minimum absolute atomic E-state index is 0.622. The van der Waals surface area contributed by atoms with Gasteiger partial charge in [0.05, 0.1) is 6.10 Å². The zero-order chi connectivity index (χ0) is 8.93. The summed E-state index contributed by atoms with van der Waals surface area (Å²) in [5.41, 5.74) is 0. The molecule has 0 bridgehead atoms. The van der Waals surface area contributed by atoms with Crippen LogP contribution in [0.15, 0.2) is 0 Å². The minimum atomic E-state index is 0.622. The molecule has 1 aliphatic carbocycles. The Labute approximate surface area is 81.0 Å². The molecule has 1 saturated heterocycles. The predicted octanol–water partition coefficient (Wildman–Crippen LogP) is 1.95. The van der Waals surface area contributed by atoms with Crippen LogP contribution < -0.4 is 5.32 Å². The van der Waals surface area contributed by atoms with Crippen LogP contribution in [0, 0.1) is 5.92 Å². The van der Waals surface area contributed by atoms with E-state index in [-0.39, 0.29) is 0 Å². The van der Waals surface area contributed by atoms with Crippen molar-refractivity contribution in [1.82, 2.24) is 5.32 Å². The highest BCUT2D eigenvalue weighted by atomic mass is 16.5. The highest BCUT2D eigenvalue weighted by molar-refractivity contribution is 4.71. The van der Waals surface area contributed by atoms with Crippen LogP contribution in [0.5, 0.6) is 0 Å². The number of ether oxygens (including phenoxy) is 1. The molecule has 1 saturated carbocycles. The normalized spacial score (nSPS) is 30.0. The van der Waals surface area contributed by atoms with Gasteiger partial charge in [-0.1, -0.05) is 0 Å². The maximum absolute atomic E-state index is 5.75. The summed E-state index contributed by atoms with van der Waals surface area (Å²) in [6, 6.07) is 0. The summed E-state index contributed by atoms with van der Waals surface area (Å²) in [4.78, 5) is 0. The molecular weight excluding hydrogens is 162 g/mol. The lowest BCUT2D eigenvalue weighted by Crippen LogP contribution is -2.31. The van der Waals surface area contributed by atoms with E-state index in [0.717, 1.165) is 12.5 Å². The Balaban J connectivity index is 1.50. The molecule has 0 aromatic rings. The van der Waals surface area contributed by atoms with Crippen LogP contribution in [0.1, 0.15) is 38.5 Å². The summed E-state index contributed by atoms with van der Waals surface area (Å²) >= 11 is 0. The molecule has 13 heavy (non-hydrogen) atoms. The van der Waals surface area contributed by atoms with E-state index in [0.29, 0.717) is 6.10 Å². The van der Waals surface area contributed by atoms with Crippen molar-refractivity contribution in [2.45, 2.75) is 44.6 Å². The molecule has 0 amide bonds. The Morgan fingerprint density at radius 2 is 2.08 bits per heavy atom. The first-order valence-corrected chi connectivity index (χ1v) is 5.77. The molecule has 2 fully saturated rings. The Kier molecular flexibility index (Phi) is 3.62. The Hall–Kier alpha value is -0.0800. The van der Waals surface area contributed by atoms with E-state index in [4.69, 9.17) is 4.74 Å². The van der Waals surface area contributed by atoms with E-state index in [1.165, 1.54) is 51.6 Å². The first kappa shape index (κ1) is 9.47. The van der Waals surface area contributed by atoms with Crippen LogP contribution in [-0.2, 0) is 4.74 Å². The first-order valence-electron chi connectivity index (χ1n) is 5.77. The molecule has 76 valence electrons. The fourth-order valence-electron chi connectivity index (χ4n) is 2.11. The maximum Gasteiger partial charge on any atom is 0.0575 e. The maximum atomic E-state index is 5.75. The smallest absolute Gasteiger partial charge is 0.0575 e. The Morgan fingerprint density at radius 3 is 2.69 bits per heavy atom. The second-order valence-corrected chi connectivity index (χ2v) is 4.42. The summed E-state index contributed by atoms with van der Waals surface area (Å²) in [5.74, 6) is 0.883. The van der Waals surface area contributed by atoms with Gasteiger partial charge in [-0.25, -0.2) is 0 Å². The third-order valence-corrected chi connectivity index (χ3v) is 3.33. The second kappa shape index (κ2) is 4.97. The van der Waals surface area contributed by atoms with E-state index in [1.807, 2.05) is 0 Å². The average Bonchev–Trinajstić information content (AvgIpc) is 2.11. The van der Waals surface area contributed by atoms with Crippen molar-refractivity contribution in [3.05, 3.63) is 0 Å². The van der Waals surface area contributed by atoms with Gasteiger partial charge in [-0.2, -0.15) is 0 Å². The summed E-state index contributed by atoms with van der Waals surface area (Å²) < 4.78 is 5.75. The van der Waals surface area contributed by atoms with Crippen LogP contribution in [0.4, 0.5) is 0 Å². The lowest BCUT2D eigenvalue weighted by Gasteiger charge is -2.27. The number of hydrogen-bond donors (Lipinski definition) is 1. The Morgan fingerprint density at radius 1 is 1.15 bits per heavy atom. The molecule has 2 nitrogen and oxygen atoms in total. The van der Waals surface area contributed by atoms with Gasteiger partial charge >= 0.3 is 0 Å². The van der Waals surface area contributed by atoms with Crippen molar-refractivity contribution in [2.75, 3.05) is 19.7 Å². The van der Waals surface area contributed by atoms with Crippen molar-refractivity contribution in [2.24, 2.45) is 5.92 Å². The van der Waals surface area contributed by atoms with Crippen LogP contribution >= 0.6 is 0 Å². The summed E-state index contributed by atoms with van der Waals surface area (Å²) in [6.07, 6.45) is 8.65. The van der Waals surface area contributed by atoms with Crippen molar-refractivity contribution in [3.8, 4) is 0 Å². The molecular formula is C11H21NO. The van der Waals surface area contributed by atoms with Gasteiger partial charge in [-0.3, -0.25) is 0 Å². The summed E-state index contributed by atoms with van der Waals surface area (Å²) in [7, 11) is 0. The zero-order valence-electron chi connectivity index (χ0n) is 8.43. The van der Waals surface area contributed by atoms with Crippen LogP contribution in [-0.4, -0.2) is 25.8 Å². The van der Waals surface area contributed by atoms with Gasteiger partial charge in [-0.15, -0.1) is 0 Å². The minimum Gasteiger partial charge on any atom is -0.378 e. The topological polar surface area (TPSA) is 21.3 Å². The van der Waals surface area contributed by atoms with E-state index >= 15 is 0 Å². The van der Waals surface area contributed by atoms with Crippen molar-refractivity contribution < 1.29 is 4.74 Å². The SMILES string of the molecule is C1CNCC(CCOC2CCC2)C1. The van der Waals surface area contributed by atoms with E-state index in [9.17, 15) is 0 Å². The van der Waals surface area contributed by atoms with E-state index < -0.39 is 0 Å². The number of rotatable bonds is 4. The summed E-state index contributed by atoms with van der Waals surface area (Å²) in [6.45, 7) is 3.44. The highest BCUT2D eigenvalue weighted by Gasteiger charge is 2.18. The number of piperidine rings is 1. The Bertz CT molecular complexity index is 139. The molecule has 1 heterocycles. The first-order chi connectivity index (χ1) is 6.45. The molecule has 0 radical (unpaired) electrons. The third kappa shape index (κ3) is 2.96. The molecule has 2 heteroatoms. The van der Waals surface area contributed by atoms with Gasteiger partial charge in [0.25, 0.3) is 0 Å². The summed E-state index contributed by atoms with van der Waals surface area (Å²) in [5, 5.41) is 3.45. The van der Waals surface area contributed by atoms with Gasteiger partial charge in [0.15, 0.2) is 0 Å². The molecule has 2 aliphatic rings. The van der Waals surface area contributed by atoms with Gasteiger partial charge in [0.1, 0.15) is 0 Å². The number of nitrogens with one attached hydrogen (secondary N) is 1. The van der Waals surface area contributed by atoms with Crippen molar-refractivity contribution >= 4 is 0 Å². The fraction of sp³-hybridized carbons (Fsp3) is 1.00. The van der Waals surface area contributed by atoms with E-state index in [2.05, 4.69) is 5.32 Å². The molecule has 1 N–H and O–H groups in total. The molecule has 1 unspecified atom stereocenters. The molecule has 0 aromatic heterocycles. The number of hydrogen-bond acceptors (Lipinski definition) is 2. The largest absolute Gasteiger partial charge is 0.378 e. The van der Waals surface area contributed by atoms with Crippen LogP contribution in [0.25, 0.3) is 0 Å². The molecule has 0 aromatic carbocycles. The lowest BCUT2D eigenvalue weighted by atomic mass is 9.95.